The van der Waals surface area contributed by atoms with E-state index in [2.05, 4.69) is 5.32 Å². The summed E-state index contributed by atoms with van der Waals surface area (Å²) in [6.45, 7) is 2.87. The minimum atomic E-state index is -4.38. The number of carbonyl (C=O) groups excluding carboxylic acids is 2. The van der Waals surface area contributed by atoms with E-state index in [9.17, 15) is 22.4 Å². The number of anilines is 1. The first-order valence-electron chi connectivity index (χ1n) is 14.9. The molecule has 0 aromatic heterocycles. The fourth-order valence-electron chi connectivity index (χ4n) is 4.86. The number of amides is 2. The summed E-state index contributed by atoms with van der Waals surface area (Å²) < 4.78 is 48.3. The summed E-state index contributed by atoms with van der Waals surface area (Å²) in [5.74, 6) is -1.28. The van der Waals surface area contributed by atoms with Gasteiger partial charge in [-0.25, -0.2) is 12.8 Å². The summed E-state index contributed by atoms with van der Waals surface area (Å²) in [7, 11) is -2.93. The Hall–Kier alpha value is -4.12. The Morgan fingerprint density at radius 3 is 2.09 bits per heavy atom. The molecule has 4 aromatic carbocycles. The van der Waals surface area contributed by atoms with Crippen LogP contribution in [0.25, 0.3) is 0 Å². The standard InChI is InChI=1S/C35H36Cl2FN3O5S/c1-4-24(2)39-35(43)33(21-25-9-6-5-7-10-25)40(22-30-31(36)11-8-12-32(30)37)34(42)23-41(27-15-13-26(38)14-16-27)47(44,45)29-19-17-28(46-3)18-20-29/h5-20,24,33H,4,21-23H2,1-3H3,(H,39,43)/t24-,33+/m1/s1. The smallest absolute Gasteiger partial charge is 0.264 e. The minimum absolute atomic E-state index is 0.0509. The minimum Gasteiger partial charge on any atom is -0.497 e. The lowest BCUT2D eigenvalue weighted by Gasteiger charge is -2.34. The maximum Gasteiger partial charge on any atom is 0.264 e. The molecule has 0 saturated heterocycles. The van der Waals surface area contributed by atoms with Crippen LogP contribution in [-0.2, 0) is 32.6 Å². The summed E-state index contributed by atoms with van der Waals surface area (Å²) in [4.78, 5) is 29.7. The highest BCUT2D eigenvalue weighted by Gasteiger charge is 2.35. The van der Waals surface area contributed by atoms with E-state index in [1.807, 2.05) is 44.2 Å². The van der Waals surface area contributed by atoms with Crippen molar-refractivity contribution in [3.63, 3.8) is 0 Å². The zero-order chi connectivity index (χ0) is 34.1. The predicted molar refractivity (Wildman–Crippen MR) is 183 cm³/mol. The van der Waals surface area contributed by atoms with Gasteiger partial charge < -0.3 is 15.0 Å². The fourth-order valence-corrected chi connectivity index (χ4v) is 6.79. The van der Waals surface area contributed by atoms with E-state index < -0.39 is 40.2 Å². The molecule has 4 rings (SSSR count). The second-order valence-corrected chi connectivity index (χ2v) is 13.6. The van der Waals surface area contributed by atoms with Gasteiger partial charge in [-0.05, 0) is 79.6 Å². The van der Waals surface area contributed by atoms with Gasteiger partial charge in [-0.15, -0.1) is 0 Å². The first-order chi connectivity index (χ1) is 22.4. The molecule has 12 heteroatoms. The van der Waals surface area contributed by atoms with Gasteiger partial charge in [0.2, 0.25) is 11.8 Å². The molecule has 2 atom stereocenters. The third-order valence-corrected chi connectivity index (χ3v) is 10.2. The van der Waals surface area contributed by atoms with E-state index in [0.29, 0.717) is 17.7 Å². The van der Waals surface area contributed by atoms with Gasteiger partial charge in [0.25, 0.3) is 10.0 Å². The summed E-state index contributed by atoms with van der Waals surface area (Å²) in [5.41, 5.74) is 1.22. The zero-order valence-electron chi connectivity index (χ0n) is 26.2. The molecule has 0 aliphatic carbocycles. The van der Waals surface area contributed by atoms with Crippen LogP contribution in [-0.4, -0.2) is 50.9 Å². The highest BCUT2D eigenvalue weighted by atomic mass is 35.5. The lowest BCUT2D eigenvalue weighted by Crippen LogP contribution is -2.54. The van der Waals surface area contributed by atoms with Crippen LogP contribution in [0.3, 0.4) is 0 Å². The number of rotatable bonds is 14. The molecular weight excluding hydrogens is 664 g/mol. The molecule has 47 heavy (non-hydrogen) atoms. The van der Waals surface area contributed by atoms with E-state index in [-0.39, 0.29) is 39.6 Å². The van der Waals surface area contributed by atoms with E-state index in [0.717, 1.165) is 22.0 Å². The van der Waals surface area contributed by atoms with Crippen molar-refractivity contribution in [2.75, 3.05) is 18.0 Å². The third-order valence-electron chi connectivity index (χ3n) is 7.70. The zero-order valence-corrected chi connectivity index (χ0v) is 28.5. The number of nitrogens with one attached hydrogen (secondary N) is 1. The Bertz CT molecular complexity index is 1760. The average Bonchev–Trinajstić information content (AvgIpc) is 3.07. The van der Waals surface area contributed by atoms with Crippen LogP contribution < -0.4 is 14.4 Å². The SMILES string of the molecule is CC[C@@H](C)NC(=O)[C@H](Cc1ccccc1)N(Cc1c(Cl)cccc1Cl)C(=O)CN(c1ccc(F)cc1)S(=O)(=O)c1ccc(OC)cc1. The number of nitrogens with zero attached hydrogens (tertiary/aromatic N) is 2. The Balaban J connectivity index is 1.84. The molecule has 0 fully saturated rings. The summed E-state index contributed by atoms with van der Waals surface area (Å²) in [6.07, 6.45) is 0.769. The number of benzene rings is 4. The maximum absolute atomic E-state index is 14.6. The molecular formula is C35H36Cl2FN3O5S. The van der Waals surface area contributed by atoms with E-state index >= 15 is 0 Å². The molecule has 0 bridgehead atoms. The van der Waals surface area contributed by atoms with Crippen LogP contribution in [0.4, 0.5) is 10.1 Å². The quantitative estimate of drug-likeness (QED) is 0.155. The van der Waals surface area contributed by atoms with Gasteiger partial charge in [-0.2, -0.15) is 0 Å². The second-order valence-electron chi connectivity index (χ2n) is 10.9. The predicted octanol–water partition coefficient (Wildman–Crippen LogP) is 6.89. The largest absolute Gasteiger partial charge is 0.497 e. The van der Waals surface area contributed by atoms with Gasteiger partial charge in [-0.3, -0.25) is 13.9 Å². The van der Waals surface area contributed by atoms with E-state index in [4.69, 9.17) is 27.9 Å². The third kappa shape index (κ3) is 9.03. The Labute approximate surface area is 285 Å². The molecule has 4 aromatic rings. The molecule has 8 nitrogen and oxygen atoms in total. The van der Waals surface area contributed by atoms with Crippen LogP contribution in [0, 0.1) is 5.82 Å². The monoisotopic (exact) mass is 699 g/mol. The molecule has 248 valence electrons. The van der Waals surface area contributed by atoms with Crippen LogP contribution >= 0.6 is 23.2 Å². The van der Waals surface area contributed by atoms with Crippen LogP contribution in [0.5, 0.6) is 5.75 Å². The topological polar surface area (TPSA) is 96.0 Å². The molecule has 0 aliphatic heterocycles. The molecule has 1 N–H and O–H groups in total. The van der Waals surface area contributed by atoms with Crippen LogP contribution in [0.15, 0.2) is 102 Å². The van der Waals surface area contributed by atoms with Crippen molar-refractivity contribution in [1.29, 1.82) is 0 Å². The van der Waals surface area contributed by atoms with Crippen molar-refractivity contribution >= 4 is 50.7 Å². The van der Waals surface area contributed by atoms with Crippen molar-refractivity contribution in [3.8, 4) is 5.75 Å². The highest BCUT2D eigenvalue weighted by Crippen LogP contribution is 2.29. The van der Waals surface area contributed by atoms with Crippen LogP contribution in [0.1, 0.15) is 31.4 Å². The molecule has 0 aliphatic rings. The number of hydrogen-bond acceptors (Lipinski definition) is 5. The maximum atomic E-state index is 14.6. The van der Waals surface area contributed by atoms with Gasteiger partial charge in [0.15, 0.2) is 0 Å². The molecule has 0 radical (unpaired) electrons. The average molecular weight is 701 g/mol. The lowest BCUT2D eigenvalue weighted by atomic mass is 10.0. The van der Waals surface area contributed by atoms with Crippen molar-refractivity contribution in [3.05, 3.63) is 124 Å². The van der Waals surface area contributed by atoms with Gasteiger partial charge in [0, 0.05) is 34.6 Å². The molecule has 0 spiro atoms. The normalized spacial score (nSPS) is 12.6. The van der Waals surface area contributed by atoms with Crippen molar-refractivity contribution in [2.24, 2.45) is 0 Å². The number of hydrogen-bond donors (Lipinski definition) is 1. The number of carbonyl (C=O) groups is 2. The second kappa shape index (κ2) is 16.1. The highest BCUT2D eigenvalue weighted by molar-refractivity contribution is 7.92. The lowest BCUT2D eigenvalue weighted by molar-refractivity contribution is -0.140. The Kier molecular flexibility index (Phi) is 12.3. The van der Waals surface area contributed by atoms with Gasteiger partial charge >= 0.3 is 0 Å². The number of methoxy groups -OCH3 is 1. The summed E-state index contributed by atoms with van der Waals surface area (Å²) in [6, 6.07) is 23.2. The van der Waals surface area contributed by atoms with Gasteiger partial charge in [-0.1, -0.05) is 66.5 Å². The first kappa shape index (κ1) is 35.7. The summed E-state index contributed by atoms with van der Waals surface area (Å²) in [5, 5.41) is 3.52. The van der Waals surface area contributed by atoms with E-state index in [1.165, 1.54) is 48.4 Å². The van der Waals surface area contributed by atoms with E-state index in [1.54, 1.807) is 18.2 Å². The van der Waals surface area contributed by atoms with Crippen molar-refractivity contribution in [1.82, 2.24) is 10.2 Å². The summed E-state index contributed by atoms with van der Waals surface area (Å²) >= 11 is 13.1. The molecule has 0 saturated carbocycles. The molecule has 2 amide bonds. The first-order valence-corrected chi connectivity index (χ1v) is 17.1. The van der Waals surface area contributed by atoms with Gasteiger partial charge in [0.1, 0.15) is 24.2 Å². The molecule has 0 heterocycles. The number of ether oxygens (including phenoxy) is 1. The van der Waals surface area contributed by atoms with Gasteiger partial charge in [0.05, 0.1) is 17.7 Å². The van der Waals surface area contributed by atoms with Crippen molar-refractivity contribution < 1.29 is 27.1 Å². The van der Waals surface area contributed by atoms with Crippen molar-refractivity contribution in [2.45, 2.75) is 50.2 Å². The number of halogens is 3. The Morgan fingerprint density at radius 1 is 0.894 bits per heavy atom. The molecule has 0 unspecified atom stereocenters. The number of sulfonamides is 1. The Morgan fingerprint density at radius 2 is 1.51 bits per heavy atom. The van der Waals surface area contributed by atoms with Crippen LogP contribution in [0.2, 0.25) is 10.0 Å². The fraction of sp³-hybridized carbons (Fsp3) is 0.257.